The van der Waals surface area contributed by atoms with Gasteiger partial charge in [-0.15, -0.1) is 0 Å². The number of benzene rings is 3. The molecule has 10 heteroatoms. The van der Waals surface area contributed by atoms with Crippen molar-refractivity contribution >= 4 is 66.5 Å². The molecule has 0 spiro atoms. The fourth-order valence-corrected chi connectivity index (χ4v) is 5.15. The molecule has 0 aliphatic heterocycles. The first-order valence-electron chi connectivity index (χ1n) is 9.30. The van der Waals surface area contributed by atoms with E-state index in [2.05, 4.69) is 26.5 Å². The van der Waals surface area contributed by atoms with Crippen molar-refractivity contribution in [3.8, 4) is 0 Å². The van der Waals surface area contributed by atoms with Crippen LogP contribution in [0.5, 0.6) is 0 Å². The molecule has 0 heterocycles. The Morgan fingerprint density at radius 1 is 1.00 bits per heavy atom. The number of sulfonamides is 1. The molecule has 32 heavy (non-hydrogen) atoms. The molecular formula is C22H18BrCl2N3O3S. The van der Waals surface area contributed by atoms with Crippen molar-refractivity contribution in [3.05, 3.63) is 92.9 Å². The van der Waals surface area contributed by atoms with Crippen molar-refractivity contribution in [2.24, 2.45) is 5.10 Å². The largest absolute Gasteiger partial charge is 0.271 e. The van der Waals surface area contributed by atoms with Gasteiger partial charge in [-0.2, -0.15) is 5.10 Å². The summed E-state index contributed by atoms with van der Waals surface area (Å²) in [6.45, 7) is 1.21. The van der Waals surface area contributed by atoms with Crippen molar-refractivity contribution in [3.63, 3.8) is 0 Å². The first-order valence-corrected chi connectivity index (χ1v) is 12.3. The monoisotopic (exact) mass is 553 g/mol. The Bertz CT molecular complexity index is 1250. The van der Waals surface area contributed by atoms with E-state index in [-0.39, 0.29) is 20.6 Å². The molecule has 3 aromatic carbocycles. The SMILES string of the molecule is C/C(=N/NC(=O)CN(c1cc(Cl)cc(Cl)c1)S(=O)(=O)c1ccccc1)c1cccc(Br)c1. The van der Waals surface area contributed by atoms with Crippen molar-refractivity contribution in [1.29, 1.82) is 0 Å². The van der Waals surface area contributed by atoms with Gasteiger partial charge in [0.2, 0.25) is 0 Å². The summed E-state index contributed by atoms with van der Waals surface area (Å²) in [6, 6.07) is 19.5. The summed E-state index contributed by atoms with van der Waals surface area (Å²) >= 11 is 15.5. The minimum Gasteiger partial charge on any atom is -0.271 e. The van der Waals surface area contributed by atoms with E-state index < -0.39 is 22.5 Å². The number of carbonyl (C=O) groups is 1. The second-order valence-corrected chi connectivity index (χ2v) is 10.3. The Morgan fingerprint density at radius 3 is 2.28 bits per heavy atom. The highest BCUT2D eigenvalue weighted by Crippen LogP contribution is 2.29. The summed E-state index contributed by atoms with van der Waals surface area (Å²) in [5.74, 6) is -0.630. The van der Waals surface area contributed by atoms with Crippen LogP contribution in [-0.4, -0.2) is 26.6 Å². The van der Waals surface area contributed by atoms with Gasteiger partial charge in [0.15, 0.2) is 0 Å². The predicted octanol–water partition coefficient (Wildman–Crippen LogP) is 5.49. The molecule has 0 unspecified atom stereocenters. The van der Waals surface area contributed by atoms with Gasteiger partial charge < -0.3 is 0 Å². The minimum atomic E-state index is -4.08. The van der Waals surface area contributed by atoms with Crippen LogP contribution in [-0.2, 0) is 14.8 Å². The molecule has 0 saturated heterocycles. The Kier molecular flexibility index (Phi) is 7.95. The third-order valence-corrected chi connectivity index (χ3v) is 7.06. The fraction of sp³-hybridized carbons (Fsp3) is 0.0909. The van der Waals surface area contributed by atoms with Gasteiger partial charge in [-0.3, -0.25) is 9.10 Å². The molecule has 0 aliphatic rings. The second-order valence-electron chi connectivity index (χ2n) is 6.69. The highest BCUT2D eigenvalue weighted by Gasteiger charge is 2.27. The zero-order chi connectivity index (χ0) is 23.3. The van der Waals surface area contributed by atoms with Gasteiger partial charge >= 0.3 is 0 Å². The molecule has 1 amide bonds. The number of hydrazone groups is 1. The Labute approximate surface area is 205 Å². The number of hydrogen-bond donors (Lipinski definition) is 1. The van der Waals surface area contributed by atoms with Gasteiger partial charge in [0.05, 0.1) is 16.3 Å². The van der Waals surface area contributed by atoms with Gasteiger partial charge in [0, 0.05) is 14.5 Å². The summed E-state index contributed by atoms with van der Waals surface area (Å²) in [4.78, 5) is 12.7. The summed E-state index contributed by atoms with van der Waals surface area (Å²) in [5, 5.41) is 4.58. The lowest BCUT2D eigenvalue weighted by Crippen LogP contribution is -2.39. The van der Waals surface area contributed by atoms with E-state index in [1.54, 1.807) is 25.1 Å². The summed E-state index contributed by atoms with van der Waals surface area (Å²) < 4.78 is 28.4. The van der Waals surface area contributed by atoms with Crippen LogP contribution in [0.15, 0.2) is 87.3 Å². The van der Waals surface area contributed by atoms with Crippen LogP contribution in [0.4, 0.5) is 5.69 Å². The van der Waals surface area contributed by atoms with Crippen LogP contribution >= 0.6 is 39.1 Å². The Balaban J connectivity index is 1.90. The van der Waals surface area contributed by atoms with E-state index in [9.17, 15) is 13.2 Å². The van der Waals surface area contributed by atoms with Gasteiger partial charge in [0.1, 0.15) is 6.54 Å². The highest BCUT2D eigenvalue weighted by molar-refractivity contribution is 9.10. The lowest BCUT2D eigenvalue weighted by Gasteiger charge is -2.24. The number of amides is 1. The zero-order valence-corrected chi connectivity index (χ0v) is 20.7. The molecule has 0 atom stereocenters. The van der Waals surface area contributed by atoms with Gasteiger partial charge in [-0.05, 0) is 55.0 Å². The molecule has 3 aromatic rings. The molecule has 0 bridgehead atoms. The summed E-state index contributed by atoms with van der Waals surface area (Å²) in [6.07, 6.45) is 0. The maximum Gasteiger partial charge on any atom is 0.264 e. The fourth-order valence-electron chi connectivity index (χ4n) is 2.81. The van der Waals surface area contributed by atoms with E-state index in [1.165, 1.54) is 30.3 Å². The minimum absolute atomic E-state index is 0.0257. The summed E-state index contributed by atoms with van der Waals surface area (Å²) in [5.41, 5.74) is 3.94. The maximum atomic E-state index is 13.3. The van der Waals surface area contributed by atoms with Crippen molar-refractivity contribution in [1.82, 2.24) is 5.43 Å². The highest BCUT2D eigenvalue weighted by atomic mass is 79.9. The van der Waals surface area contributed by atoms with E-state index in [0.717, 1.165) is 14.3 Å². The van der Waals surface area contributed by atoms with E-state index in [4.69, 9.17) is 23.2 Å². The van der Waals surface area contributed by atoms with Gasteiger partial charge in [-0.25, -0.2) is 13.8 Å². The van der Waals surface area contributed by atoms with Crippen LogP contribution in [0, 0.1) is 0 Å². The number of nitrogens with zero attached hydrogens (tertiary/aromatic N) is 2. The predicted molar refractivity (Wildman–Crippen MR) is 132 cm³/mol. The Morgan fingerprint density at radius 2 is 1.66 bits per heavy atom. The van der Waals surface area contributed by atoms with Crippen molar-refractivity contribution in [2.45, 2.75) is 11.8 Å². The molecule has 166 valence electrons. The number of nitrogens with one attached hydrogen (secondary N) is 1. The third kappa shape index (κ3) is 6.10. The van der Waals surface area contributed by atoms with Crippen LogP contribution < -0.4 is 9.73 Å². The average Bonchev–Trinajstić information content (AvgIpc) is 2.75. The van der Waals surface area contributed by atoms with Crippen LogP contribution in [0.25, 0.3) is 0 Å². The first-order chi connectivity index (χ1) is 15.2. The van der Waals surface area contributed by atoms with E-state index in [1.807, 2.05) is 24.3 Å². The molecule has 0 fully saturated rings. The van der Waals surface area contributed by atoms with Crippen LogP contribution in [0.3, 0.4) is 0 Å². The number of rotatable bonds is 7. The molecule has 6 nitrogen and oxygen atoms in total. The molecule has 1 N–H and O–H groups in total. The standard InChI is InChI=1S/C22H18BrCl2N3O3S/c1-15(16-6-5-7-17(23)10-16)26-27-22(29)14-28(20-12-18(24)11-19(25)13-20)32(30,31)21-8-3-2-4-9-21/h2-13H,14H2,1H3,(H,27,29)/b26-15-. The van der Waals surface area contributed by atoms with Crippen molar-refractivity contribution < 1.29 is 13.2 Å². The maximum absolute atomic E-state index is 13.3. The number of anilines is 1. The van der Waals surface area contributed by atoms with Crippen molar-refractivity contribution in [2.75, 3.05) is 10.8 Å². The smallest absolute Gasteiger partial charge is 0.264 e. The molecule has 0 aromatic heterocycles. The second kappa shape index (κ2) is 10.5. The van der Waals surface area contributed by atoms with Crippen LogP contribution in [0.1, 0.15) is 12.5 Å². The number of hydrogen-bond acceptors (Lipinski definition) is 4. The van der Waals surface area contributed by atoms with E-state index >= 15 is 0 Å². The number of carbonyl (C=O) groups excluding carboxylic acids is 1. The topological polar surface area (TPSA) is 78.8 Å². The average molecular weight is 555 g/mol. The lowest BCUT2D eigenvalue weighted by molar-refractivity contribution is -0.119. The number of halogens is 3. The zero-order valence-electron chi connectivity index (χ0n) is 16.8. The summed E-state index contributed by atoms with van der Waals surface area (Å²) in [7, 11) is -4.08. The quantitative estimate of drug-likeness (QED) is 0.310. The third-order valence-electron chi connectivity index (χ3n) is 4.34. The molecule has 0 saturated carbocycles. The Hall–Kier alpha value is -2.39. The van der Waals surface area contributed by atoms with Crippen LogP contribution in [0.2, 0.25) is 10.0 Å². The normalized spacial score (nSPS) is 11.8. The molecule has 0 aliphatic carbocycles. The molecular weight excluding hydrogens is 537 g/mol. The molecule has 0 radical (unpaired) electrons. The first kappa shape index (κ1) is 24.3. The molecule has 3 rings (SSSR count). The lowest BCUT2D eigenvalue weighted by atomic mass is 10.1. The van der Waals surface area contributed by atoms with Gasteiger partial charge in [0.25, 0.3) is 15.9 Å². The van der Waals surface area contributed by atoms with E-state index in [0.29, 0.717) is 5.71 Å². The van der Waals surface area contributed by atoms with Gasteiger partial charge in [-0.1, -0.05) is 69.5 Å².